The lowest BCUT2D eigenvalue weighted by molar-refractivity contribution is -0.135. The van der Waals surface area contributed by atoms with Gasteiger partial charge < -0.3 is 9.64 Å². The van der Waals surface area contributed by atoms with E-state index in [2.05, 4.69) is 0 Å². The number of rotatable bonds is 3. The zero-order valence-corrected chi connectivity index (χ0v) is 12.8. The van der Waals surface area contributed by atoms with Crippen LogP contribution < -0.4 is 4.74 Å². The summed E-state index contributed by atoms with van der Waals surface area (Å²) < 4.78 is 5.14. The van der Waals surface area contributed by atoms with Crippen molar-refractivity contribution in [2.75, 3.05) is 21.2 Å². The van der Waals surface area contributed by atoms with Gasteiger partial charge in [0, 0.05) is 26.9 Å². The number of carbonyl (C=O) groups excluding carboxylic acids is 2. The molecule has 1 aromatic rings. The largest absolute Gasteiger partial charge is 0.497 e. The van der Waals surface area contributed by atoms with Crippen LogP contribution in [0.3, 0.4) is 0 Å². The highest BCUT2D eigenvalue weighted by atomic mass is 16.5. The quantitative estimate of drug-likeness (QED) is 0.858. The molecule has 1 amide bonds. The van der Waals surface area contributed by atoms with Gasteiger partial charge in [-0.1, -0.05) is 23.8 Å². The number of amides is 1. The third kappa shape index (κ3) is 3.72. The lowest BCUT2D eigenvalue weighted by Crippen LogP contribution is -2.34. The van der Waals surface area contributed by atoms with Gasteiger partial charge in [0.25, 0.3) is 0 Å². The number of nitrogens with zero attached hydrogens (tertiary/aromatic N) is 1. The topological polar surface area (TPSA) is 46.6 Å². The summed E-state index contributed by atoms with van der Waals surface area (Å²) in [6, 6.07) is 7.70. The molecule has 0 unspecified atom stereocenters. The van der Waals surface area contributed by atoms with Crippen molar-refractivity contribution < 1.29 is 14.3 Å². The van der Waals surface area contributed by atoms with Crippen LogP contribution >= 0.6 is 0 Å². The summed E-state index contributed by atoms with van der Waals surface area (Å²) in [6.07, 6.45) is 3.53. The first-order valence-electron chi connectivity index (χ1n) is 7.08. The first kappa shape index (κ1) is 15.3. The molecule has 112 valence electrons. The number of hydrogen-bond acceptors (Lipinski definition) is 3. The van der Waals surface area contributed by atoms with Crippen molar-refractivity contribution in [3.05, 3.63) is 35.4 Å². The molecule has 1 aliphatic carbocycles. The number of carbonyl (C=O) groups is 2. The first-order chi connectivity index (χ1) is 10.0. The van der Waals surface area contributed by atoms with E-state index in [0.29, 0.717) is 19.3 Å². The molecule has 0 N–H and O–H groups in total. The second kappa shape index (κ2) is 6.57. The second-order valence-electron chi connectivity index (χ2n) is 5.52. The van der Waals surface area contributed by atoms with E-state index >= 15 is 0 Å². The Bertz CT molecular complexity index is 558. The van der Waals surface area contributed by atoms with Crippen molar-refractivity contribution >= 4 is 17.8 Å². The summed E-state index contributed by atoms with van der Waals surface area (Å²) >= 11 is 0. The molecule has 1 atom stereocenters. The van der Waals surface area contributed by atoms with Gasteiger partial charge in [-0.3, -0.25) is 9.59 Å². The van der Waals surface area contributed by atoms with Gasteiger partial charge in [0.2, 0.25) is 5.91 Å². The molecule has 0 bridgehead atoms. The van der Waals surface area contributed by atoms with Crippen LogP contribution in [0.25, 0.3) is 6.08 Å². The van der Waals surface area contributed by atoms with Crippen molar-refractivity contribution in [2.24, 2.45) is 5.92 Å². The number of methoxy groups -OCH3 is 1. The summed E-state index contributed by atoms with van der Waals surface area (Å²) in [5.74, 6) is 0.658. The molecule has 0 aliphatic heterocycles. The highest BCUT2D eigenvalue weighted by molar-refractivity contribution is 5.91. The fourth-order valence-electron chi connectivity index (χ4n) is 2.56. The maximum Gasteiger partial charge on any atom is 0.229 e. The van der Waals surface area contributed by atoms with Crippen LogP contribution in [0.4, 0.5) is 0 Å². The highest BCUT2D eigenvalue weighted by Crippen LogP contribution is 2.30. The third-order valence-electron chi connectivity index (χ3n) is 3.78. The van der Waals surface area contributed by atoms with E-state index in [9.17, 15) is 9.59 Å². The Labute approximate surface area is 125 Å². The number of hydrogen-bond donors (Lipinski definition) is 0. The average molecular weight is 287 g/mol. The number of ketones is 1. The Morgan fingerprint density at radius 3 is 2.48 bits per heavy atom. The van der Waals surface area contributed by atoms with Gasteiger partial charge in [0.15, 0.2) is 0 Å². The minimum Gasteiger partial charge on any atom is -0.497 e. The SMILES string of the molecule is COc1ccc(/C=C2\CCC(=O)C[C@@H]2C(=O)N(C)C)cc1. The molecular formula is C17H21NO3. The van der Waals surface area contributed by atoms with E-state index in [0.717, 1.165) is 16.9 Å². The van der Waals surface area contributed by atoms with Gasteiger partial charge in [-0.05, 0) is 24.1 Å². The van der Waals surface area contributed by atoms with Crippen molar-refractivity contribution in [3.8, 4) is 5.75 Å². The van der Waals surface area contributed by atoms with E-state index in [1.807, 2.05) is 30.3 Å². The molecule has 4 heteroatoms. The molecular weight excluding hydrogens is 266 g/mol. The minimum atomic E-state index is -0.316. The Hall–Kier alpha value is -2.10. The Balaban J connectivity index is 2.26. The zero-order chi connectivity index (χ0) is 15.4. The molecule has 1 fully saturated rings. The van der Waals surface area contributed by atoms with E-state index in [1.165, 1.54) is 0 Å². The number of ether oxygens (including phenoxy) is 1. The maximum atomic E-state index is 12.3. The maximum absolute atomic E-state index is 12.3. The fourth-order valence-corrected chi connectivity index (χ4v) is 2.56. The predicted molar refractivity (Wildman–Crippen MR) is 82.0 cm³/mol. The first-order valence-corrected chi connectivity index (χ1v) is 7.08. The van der Waals surface area contributed by atoms with E-state index < -0.39 is 0 Å². The van der Waals surface area contributed by atoms with Gasteiger partial charge in [-0.15, -0.1) is 0 Å². The second-order valence-corrected chi connectivity index (χ2v) is 5.52. The third-order valence-corrected chi connectivity index (χ3v) is 3.78. The van der Waals surface area contributed by atoms with Crippen molar-refractivity contribution in [1.29, 1.82) is 0 Å². The molecule has 0 spiro atoms. The van der Waals surface area contributed by atoms with Gasteiger partial charge in [0.05, 0.1) is 13.0 Å². The molecule has 1 saturated carbocycles. The fraction of sp³-hybridized carbons (Fsp3) is 0.412. The summed E-state index contributed by atoms with van der Waals surface area (Å²) in [5.41, 5.74) is 2.06. The van der Waals surface area contributed by atoms with Crippen molar-refractivity contribution in [1.82, 2.24) is 4.90 Å². The molecule has 21 heavy (non-hydrogen) atoms. The Morgan fingerprint density at radius 2 is 1.90 bits per heavy atom. The van der Waals surface area contributed by atoms with Gasteiger partial charge >= 0.3 is 0 Å². The average Bonchev–Trinajstić information content (AvgIpc) is 2.49. The Kier molecular flexibility index (Phi) is 4.78. The standard InChI is InChI=1S/C17H21NO3/c1-18(2)17(20)16-11-14(19)7-6-13(16)10-12-4-8-15(21-3)9-5-12/h4-5,8-10,16H,6-7,11H2,1-3H3/b13-10+/t16-/m0/s1. The van der Waals surface area contributed by atoms with E-state index in [4.69, 9.17) is 4.74 Å². The summed E-state index contributed by atoms with van der Waals surface area (Å²) in [4.78, 5) is 25.5. The van der Waals surface area contributed by atoms with Crippen molar-refractivity contribution in [3.63, 3.8) is 0 Å². The van der Waals surface area contributed by atoms with Crippen LogP contribution in [0.2, 0.25) is 0 Å². The molecule has 0 saturated heterocycles. The summed E-state index contributed by atoms with van der Waals surface area (Å²) in [6.45, 7) is 0. The Morgan fingerprint density at radius 1 is 1.24 bits per heavy atom. The zero-order valence-electron chi connectivity index (χ0n) is 12.8. The van der Waals surface area contributed by atoms with Crippen molar-refractivity contribution in [2.45, 2.75) is 19.3 Å². The summed E-state index contributed by atoms with van der Waals surface area (Å²) in [5, 5.41) is 0. The van der Waals surface area contributed by atoms with Gasteiger partial charge in [-0.2, -0.15) is 0 Å². The van der Waals surface area contributed by atoms with E-state index in [1.54, 1.807) is 26.1 Å². The highest BCUT2D eigenvalue weighted by Gasteiger charge is 2.30. The normalized spacial score (nSPS) is 20.4. The molecule has 0 radical (unpaired) electrons. The van der Waals surface area contributed by atoms with E-state index in [-0.39, 0.29) is 17.6 Å². The lowest BCUT2D eigenvalue weighted by atomic mass is 9.81. The number of Topliss-reactive ketones (excluding diaryl/α,β-unsaturated/α-hetero) is 1. The molecule has 2 rings (SSSR count). The van der Waals surface area contributed by atoms with Crippen LogP contribution in [-0.2, 0) is 9.59 Å². The molecule has 1 aliphatic rings. The van der Waals surface area contributed by atoms with Crippen LogP contribution in [0, 0.1) is 5.92 Å². The van der Waals surface area contributed by atoms with Crippen LogP contribution in [-0.4, -0.2) is 37.8 Å². The molecule has 1 aromatic carbocycles. The van der Waals surface area contributed by atoms with Gasteiger partial charge in [-0.25, -0.2) is 0 Å². The van der Waals surface area contributed by atoms with Crippen LogP contribution in [0.15, 0.2) is 29.8 Å². The monoisotopic (exact) mass is 287 g/mol. The lowest BCUT2D eigenvalue weighted by Gasteiger charge is -2.26. The van der Waals surface area contributed by atoms with Crippen LogP contribution in [0.5, 0.6) is 5.75 Å². The van der Waals surface area contributed by atoms with Gasteiger partial charge in [0.1, 0.15) is 11.5 Å². The predicted octanol–water partition coefficient (Wildman–Crippen LogP) is 2.54. The smallest absolute Gasteiger partial charge is 0.229 e. The van der Waals surface area contributed by atoms with Crippen LogP contribution in [0.1, 0.15) is 24.8 Å². The summed E-state index contributed by atoms with van der Waals surface area (Å²) in [7, 11) is 5.09. The minimum absolute atomic E-state index is 0.00260. The number of benzene rings is 1. The molecule has 4 nitrogen and oxygen atoms in total. The molecule has 0 aromatic heterocycles. The molecule has 0 heterocycles.